The standard InChI is InChI=1S/C17H15.C4H10N.2ClH.Ti/c1-12-6-5-9-15(12)17-11-10-14-7-3-4-8-16(14)13(17)2;1-2-3-4-5;;;/h3-8,10-11H,2,9H2,1H3;5H,2-4H2,1H3;2*1H;/q2*-1;;;+2. The topological polar surface area (TPSA) is 23.8 Å². The number of hydrogen-bond donors (Lipinski definition) is 0. The van der Waals surface area contributed by atoms with Gasteiger partial charge in [-0.1, -0.05) is 72.7 Å². The fourth-order valence-corrected chi connectivity index (χ4v) is 2.73. The fraction of sp³-hybridized carbons (Fsp3) is 0.286. The van der Waals surface area contributed by atoms with Crippen molar-refractivity contribution in [2.24, 2.45) is 0 Å². The minimum Gasteiger partial charge on any atom is -0.677 e. The van der Waals surface area contributed by atoms with Crippen LogP contribution < -0.4 is 0 Å². The Morgan fingerprint density at radius 3 is 2.28 bits per heavy atom. The van der Waals surface area contributed by atoms with Crippen LogP contribution in [0.25, 0.3) is 22.1 Å². The second-order valence-electron chi connectivity index (χ2n) is 5.68. The summed E-state index contributed by atoms with van der Waals surface area (Å²) in [6.07, 6.45) is 7.67. The number of unbranched alkanes of at least 4 members (excludes halogenated alkanes) is 1. The molecule has 0 amide bonds. The van der Waals surface area contributed by atoms with Crippen LogP contribution in [-0.2, 0) is 21.7 Å². The molecule has 0 saturated heterocycles. The smallest absolute Gasteiger partial charge is 0.677 e. The van der Waals surface area contributed by atoms with E-state index in [1.54, 1.807) is 0 Å². The van der Waals surface area contributed by atoms with E-state index in [1.807, 2.05) is 0 Å². The van der Waals surface area contributed by atoms with E-state index >= 15 is 0 Å². The predicted octanol–water partition coefficient (Wildman–Crippen LogP) is 7.44. The summed E-state index contributed by atoms with van der Waals surface area (Å²) in [5.41, 5.74) is 11.8. The van der Waals surface area contributed by atoms with Gasteiger partial charge in [0.15, 0.2) is 0 Å². The van der Waals surface area contributed by atoms with Crippen molar-refractivity contribution in [1.29, 1.82) is 0 Å². The van der Waals surface area contributed by atoms with Crippen molar-refractivity contribution in [2.45, 2.75) is 33.1 Å². The number of fused-ring (bicyclic) bond motifs is 1. The molecule has 3 rings (SSSR count). The van der Waals surface area contributed by atoms with Crippen LogP contribution in [-0.4, -0.2) is 6.54 Å². The summed E-state index contributed by atoms with van der Waals surface area (Å²) in [5.74, 6) is 0. The molecule has 1 nitrogen and oxygen atoms in total. The molecule has 0 fully saturated rings. The maximum atomic E-state index is 6.60. The third kappa shape index (κ3) is 6.85. The van der Waals surface area contributed by atoms with E-state index in [0.29, 0.717) is 6.54 Å². The molecule has 0 saturated carbocycles. The molecular weight excluding hydrogens is 385 g/mol. The minimum atomic E-state index is 0. The zero-order chi connectivity index (χ0) is 15.9. The van der Waals surface area contributed by atoms with Gasteiger partial charge in [0.25, 0.3) is 0 Å². The van der Waals surface area contributed by atoms with Gasteiger partial charge in [-0.3, -0.25) is 0 Å². The Labute approximate surface area is 179 Å². The van der Waals surface area contributed by atoms with Crippen LogP contribution >= 0.6 is 24.8 Å². The largest absolute Gasteiger partial charge is 2.00 e. The van der Waals surface area contributed by atoms with Crippen LogP contribution in [0.2, 0.25) is 0 Å². The molecule has 0 aromatic heterocycles. The van der Waals surface area contributed by atoms with Crippen LogP contribution in [0.15, 0.2) is 54.1 Å². The molecule has 134 valence electrons. The first-order chi connectivity index (χ1) is 10.7. The van der Waals surface area contributed by atoms with E-state index in [0.717, 1.165) is 24.8 Å². The third-order valence-corrected chi connectivity index (χ3v) is 4.06. The third-order valence-electron chi connectivity index (χ3n) is 4.06. The van der Waals surface area contributed by atoms with Gasteiger partial charge in [0, 0.05) is 0 Å². The predicted molar refractivity (Wildman–Crippen MR) is 113 cm³/mol. The van der Waals surface area contributed by atoms with Crippen LogP contribution in [0, 0.1) is 6.92 Å². The number of benzene rings is 2. The maximum Gasteiger partial charge on any atom is 2.00 e. The maximum absolute atomic E-state index is 6.60. The second-order valence-corrected chi connectivity index (χ2v) is 5.68. The van der Waals surface area contributed by atoms with Gasteiger partial charge in [0.05, 0.1) is 0 Å². The van der Waals surface area contributed by atoms with Crippen molar-refractivity contribution in [3.05, 3.63) is 77.9 Å². The minimum absolute atomic E-state index is 0. The number of halogens is 2. The number of rotatable bonds is 3. The average molecular weight is 412 g/mol. The van der Waals surface area contributed by atoms with Gasteiger partial charge < -0.3 is 5.73 Å². The van der Waals surface area contributed by atoms with Gasteiger partial charge in [0.2, 0.25) is 0 Å². The van der Waals surface area contributed by atoms with Gasteiger partial charge in [-0.2, -0.15) is 19.0 Å². The molecule has 0 atom stereocenters. The summed E-state index contributed by atoms with van der Waals surface area (Å²) in [6, 6.07) is 12.8. The SMILES string of the molecule is CCCC[NH-].Cl.Cl.[CH2-]c1c(C2=C(C)C=CC2)ccc2ccccc12.[Ti+2]. The molecule has 0 radical (unpaired) electrons. The van der Waals surface area contributed by atoms with E-state index in [2.05, 4.69) is 69.3 Å². The average Bonchev–Trinajstić information content (AvgIpc) is 2.95. The van der Waals surface area contributed by atoms with Crippen molar-refractivity contribution in [3.63, 3.8) is 0 Å². The van der Waals surface area contributed by atoms with Crippen molar-refractivity contribution < 1.29 is 21.7 Å². The molecular formula is C21H27Cl2NTi. The summed E-state index contributed by atoms with van der Waals surface area (Å²) in [6.45, 7) is 9.13. The van der Waals surface area contributed by atoms with Crippen molar-refractivity contribution in [2.75, 3.05) is 6.54 Å². The van der Waals surface area contributed by atoms with Crippen LogP contribution in [0.4, 0.5) is 0 Å². The molecule has 0 heterocycles. The summed E-state index contributed by atoms with van der Waals surface area (Å²) in [7, 11) is 0. The molecule has 25 heavy (non-hydrogen) atoms. The number of allylic oxidation sites excluding steroid dienone is 4. The zero-order valence-corrected chi connectivity index (χ0v) is 18.2. The first-order valence-electron chi connectivity index (χ1n) is 8.04. The Balaban J connectivity index is 0. The summed E-state index contributed by atoms with van der Waals surface area (Å²) in [4.78, 5) is 0. The summed E-state index contributed by atoms with van der Waals surface area (Å²) < 4.78 is 0. The Morgan fingerprint density at radius 1 is 1.08 bits per heavy atom. The number of hydrogen-bond acceptors (Lipinski definition) is 0. The molecule has 1 aliphatic rings. The first kappa shape index (κ1) is 26.5. The molecule has 1 aliphatic carbocycles. The molecule has 1 N–H and O–H groups in total. The molecule has 2 aromatic carbocycles. The van der Waals surface area contributed by atoms with E-state index in [-0.39, 0.29) is 46.5 Å². The Hall–Kier alpha value is -0.696. The Bertz CT molecular complexity index is 706. The molecule has 0 spiro atoms. The van der Waals surface area contributed by atoms with Crippen LogP contribution in [0.1, 0.15) is 44.2 Å². The molecule has 0 aliphatic heterocycles. The molecule has 2 aromatic rings. The first-order valence-corrected chi connectivity index (χ1v) is 8.04. The molecule has 4 heteroatoms. The van der Waals surface area contributed by atoms with E-state index < -0.39 is 0 Å². The Morgan fingerprint density at radius 2 is 1.76 bits per heavy atom. The van der Waals surface area contributed by atoms with Crippen LogP contribution in [0.5, 0.6) is 0 Å². The quantitative estimate of drug-likeness (QED) is 0.370. The van der Waals surface area contributed by atoms with Crippen LogP contribution in [0.3, 0.4) is 0 Å². The van der Waals surface area contributed by atoms with Gasteiger partial charge in [0.1, 0.15) is 0 Å². The molecule has 0 bridgehead atoms. The Kier molecular flexibility index (Phi) is 14.3. The fourth-order valence-electron chi connectivity index (χ4n) is 2.73. The zero-order valence-electron chi connectivity index (χ0n) is 15.0. The monoisotopic (exact) mass is 411 g/mol. The normalized spacial score (nSPS) is 11.8. The van der Waals surface area contributed by atoms with Crippen molar-refractivity contribution in [3.8, 4) is 0 Å². The van der Waals surface area contributed by atoms with E-state index in [4.69, 9.17) is 5.73 Å². The van der Waals surface area contributed by atoms with Crippen molar-refractivity contribution >= 4 is 41.2 Å². The second kappa shape index (κ2) is 13.5. The van der Waals surface area contributed by atoms with E-state index in [1.165, 1.54) is 27.5 Å². The summed E-state index contributed by atoms with van der Waals surface area (Å²) >= 11 is 0. The number of nitrogens with one attached hydrogen (secondary N) is 1. The van der Waals surface area contributed by atoms with Gasteiger partial charge in [-0.05, 0) is 13.3 Å². The molecule has 0 unspecified atom stereocenters. The van der Waals surface area contributed by atoms with Crippen molar-refractivity contribution in [1.82, 2.24) is 0 Å². The van der Waals surface area contributed by atoms with E-state index in [9.17, 15) is 0 Å². The van der Waals surface area contributed by atoms with Gasteiger partial charge >= 0.3 is 21.7 Å². The van der Waals surface area contributed by atoms with Gasteiger partial charge in [-0.25, -0.2) is 0 Å². The summed E-state index contributed by atoms with van der Waals surface area (Å²) in [5, 5.41) is 2.53. The van der Waals surface area contributed by atoms with Gasteiger partial charge in [-0.15, -0.1) is 47.9 Å².